The lowest BCUT2D eigenvalue weighted by Gasteiger charge is -2.31. The van der Waals surface area contributed by atoms with Crippen LogP contribution < -0.4 is 14.4 Å². The van der Waals surface area contributed by atoms with Gasteiger partial charge in [-0.3, -0.25) is 13.9 Å². The molecule has 210 valence electrons. The molecule has 0 aliphatic rings. The van der Waals surface area contributed by atoms with Gasteiger partial charge in [0.1, 0.15) is 11.8 Å². The van der Waals surface area contributed by atoms with Gasteiger partial charge in [0, 0.05) is 26.1 Å². The normalized spacial score (nSPS) is 12.0. The second-order valence-corrected chi connectivity index (χ2v) is 11.3. The van der Waals surface area contributed by atoms with E-state index in [9.17, 15) is 18.0 Å². The van der Waals surface area contributed by atoms with E-state index in [0.717, 1.165) is 30.2 Å². The maximum atomic E-state index is 13.5. The minimum atomic E-state index is -3.56. The average molecular weight is 546 g/mol. The van der Waals surface area contributed by atoms with Crippen LogP contribution in [0.15, 0.2) is 48.5 Å². The highest BCUT2D eigenvalue weighted by molar-refractivity contribution is 7.92. The number of amides is 2. The molecule has 0 aliphatic carbocycles. The minimum Gasteiger partial charge on any atom is -0.494 e. The van der Waals surface area contributed by atoms with Gasteiger partial charge in [-0.2, -0.15) is 0 Å². The number of rotatable bonds is 16. The monoisotopic (exact) mass is 545 g/mol. The highest BCUT2D eigenvalue weighted by Gasteiger charge is 2.28. The van der Waals surface area contributed by atoms with E-state index in [-0.39, 0.29) is 24.8 Å². The fourth-order valence-corrected chi connectivity index (χ4v) is 5.16. The molecule has 0 radical (unpaired) electrons. The van der Waals surface area contributed by atoms with Crippen molar-refractivity contribution in [3.8, 4) is 5.75 Å². The van der Waals surface area contributed by atoms with E-state index in [1.54, 1.807) is 29.2 Å². The summed E-state index contributed by atoms with van der Waals surface area (Å²) in [5.74, 6) is 0.325. The second kappa shape index (κ2) is 15.4. The van der Waals surface area contributed by atoms with Crippen LogP contribution in [0.1, 0.15) is 64.0 Å². The van der Waals surface area contributed by atoms with E-state index >= 15 is 0 Å². The van der Waals surface area contributed by atoms with Gasteiger partial charge in [0.2, 0.25) is 21.8 Å². The highest BCUT2D eigenvalue weighted by Crippen LogP contribution is 2.23. The van der Waals surface area contributed by atoms with Gasteiger partial charge >= 0.3 is 0 Å². The molecule has 0 saturated carbocycles. The first-order chi connectivity index (χ1) is 18.1. The van der Waals surface area contributed by atoms with Crippen molar-refractivity contribution in [1.82, 2.24) is 10.2 Å². The lowest BCUT2D eigenvalue weighted by Crippen LogP contribution is -2.49. The van der Waals surface area contributed by atoms with Crippen molar-refractivity contribution in [2.75, 3.05) is 30.3 Å². The first kappa shape index (κ1) is 31.1. The fraction of sp³-hybridized carbons (Fsp3) is 0.517. The van der Waals surface area contributed by atoms with Crippen molar-refractivity contribution < 1.29 is 22.7 Å². The molecule has 0 unspecified atom stereocenters. The predicted octanol–water partition coefficient (Wildman–Crippen LogP) is 4.66. The van der Waals surface area contributed by atoms with Crippen LogP contribution in [0, 0.1) is 6.92 Å². The van der Waals surface area contributed by atoms with Crippen molar-refractivity contribution in [2.45, 2.75) is 72.4 Å². The van der Waals surface area contributed by atoms with Crippen LogP contribution in [-0.4, -0.2) is 57.1 Å². The third kappa shape index (κ3) is 9.67. The SMILES string of the molecule is CCCCNC(=O)[C@H](CC)N(Cc1ccc(C)cc1)C(=O)CCCN(c1ccc(OCC)cc1)S(C)(=O)=O. The smallest absolute Gasteiger partial charge is 0.242 e. The van der Waals surface area contributed by atoms with Gasteiger partial charge in [-0.15, -0.1) is 0 Å². The van der Waals surface area contributed by atoms with Crippen LogP contribution in [0.25, 0.3) is 0 Å². The Kier molecular flexibility index (Phi) is 12.6. The van der Waals surface area contributed by atoms with Crippen molar-refractivity contribution in [3.63, 3.8) is 0 Å². The Morgan fingerprint density at radius 3 is 2.18 bits per heavy atom. The van der Waals surface area contributed by atoms with Crippen LogP contribution >= 0.6 is 0 Å². The van der Waals surface area contributed by atoms with Gasteiger partial charge in [-0.25, -0.2) is 8.42 Å². The zero-order chi connectivity index (χ0) is 28.1. The number of nitrogens with zero attached hydrogens (tertiary/aromatic N) is 2. The third-order valence-corrected chi connectivity index (χ3v) is 7.47. The van der Waals surface area contributed by atoms with Crippen molar-refractivity contribution in [2.24, 2.45) is 0 Å². The molecule has 8 nitrogen and oxygen atoms in total. The van der Waals surface area contributed by atoms with E-state index in [1.807, 2.05) is 45.0 Å². The number of anilines is 1. The van der Waals surface area contributed by atoms with Gasteiger partial charge in [0.05, 0.1) is 18.6 Å². The Balaban J connectivity index is 2.17. The summed E-state index contributed by atoms with van der Waals surface area (Å²) in [7, 11) is -3.56. The quantitative estimate of drug-likeness (QED) is 0.310. The van der Waals surface area contributed by atoms with Crippen molar-refractivity contribution in [3.05, 3.63) is 59.7 Å². The molecule has 0 spiro atoms. The lowest BCUT2D eigenvalue weighted by molar-refractivity contribution is -0.141. The molecule has 0 aromatic heterocycles. The van der Waals surface area contributed by atoms with Crippen LogP contribution in [0.4, 0.5) is 5.69 Å². The number of unbranched alkanes of at least 4 members (excludes halogenated alkanes) is 1. The summed E-state index contributed by atoms with van der Waals surface area (Å²) in [6.45, 7) is 9.40. The molecule has 2 rings (SSSR count). The predicted molar refractivity (Wildman–Crippen MR) is 153 cm³/mol. The average Bonchev–Trinajstić information content (AvgIpc) is 2.88. The molecule has 38 heavy (non-hydrogen) atoms. The van der Waals surface area contributed by atoms with E-state index in [1.165, 1.54) is 4.31 Å². The van der Waals surface area contributed by atoms with Gasteiger partial charge in [-0.05, 0) is 62.9 Å². The molecule has 2 amide bonds. The molecule has 2 aromatic rings. The summed E-state index contributed by atoms with van der Waals surface area (Å²) in [5.41, 5.74) is 2.57. The first-order valence-electron chi connectivity index (χ1n) is 13.4. The molecule has 1 atom stereocenters. The molecule has 0 heterocycles. The zero-order valence-electron chi connectivity index (χ0n) is 23.4. The summed E-state index contributed by atoms with van der Waals surface area (Å²) in [6, 6.07) is 14.2. The van der Waals surface area contributed by atoms with Gasteiger partial charge in [-0.1, -0.05) is 50.1 Å². The molecular formula is C29H43N3O5S. The summed E-state index contributed by atoms with van der Waals surface area (Å²) in [6.07, 6.45) is 3.92. The Labute approximate surface area is 228 Å². The summed E-state index contributed by atoms with van der Waals surface area (Å²) in [4.78, 5) is 28.1. The molecule has 0 bridgehead atoms. The standard InChI is InChI=1S/C29H43N3O5S/c1-6-9-20-30-29(34)27(7-2)31(22-24-14-12-23(4)13-15-24)28(33)11-10-21-32(38(5,35)36)25-16-18-26(19-17-25)37-8-3/h12-19,27H,6-11,20-22H2,1-5H3,(H,30,34)/t27-/m0/s1. The van der Waals surface area contributed by atoms with Crippen LogP contribution in [-0.2, 0) is 26.2 Å². The number of hydrogen-bond donors (Lipinski definition) is 1. The van der Waals surface area contributed by atoms with Gasteiger partial charge < -0.3 is 15.0 Å². The fourth-order valence-electron chi connectivity index (χ4n) is 4.20. The maximum Gasteiger partial charge on any atom is 0.242 e. The summed E-state index contributed by atoms with van der Waals surface area (Å²) >= 11 is 0. The highest BCUT2D eigenvalue weighted by atomic mass is 32.2. The minimum absolute atomic E-state index is 0.119. The molecular weight excluding hydrogens is 502 g/mol. The second-order valence-electron chi connectivity index (χ2n) is 9.44. The van der Waals surface area contributed by atoms with E-state index in [4.69, 9.17) is 4.74 Å². The molecule has 0 saturated heterocycles. The number of aryl methyl sites for hydroxylation is 1. The number of hydrogen-bond acceptors (Lipinski definition) is 5. The van der Waals surface area contributed by atoms with E-state index in [0.29, 0.717) is 44.0 Å². The van der Waals surface area contributed by atoms with E-state index < -0.39 is 16.1 Å². The first-order valence-corrected chi connectivity index (χ1v) is 15.3. The number of carbonyl (C=O) groups is 2. The Hall–Kier alpha value is -3.07. The maximum absolute atomic E-state index is 13.5. The number of ether oxygens (including phenoxy) is 1. The Morgan fingerprint density at radius 2 is 1.63 bits per heavy atom. The van der Waals surface area contributed by atoms with Crippen LogP contribution in [0.3, 0.4) is 0 Å². The molecule has 0 aliphatic heterocycles. The lowest BCUT2D eigenvalue weighted by atomic mass is 10.1. The van der Waals surface area contributed by atoms with Crippen molar-refractivity contribution in [1.29, 1.82) is 0 Å². The summed E-state index contributed by atoms with van der Waals surface area (Å²) in [5, 5.41) is 2.96. The Bertz CT molecular complexity index is 1120. The van der Waals surface area contributed by atoms with Crippen molar-refractivity contribution >= 4 is 27.5 Å². The van der Waals surface area contributed by atoms with Gasteiger partial charge in [0.25, 0.3) is 0 Å². The summed E-state index contributed by atoms with van der Waals surface area (Å²) < 4.78 is 31.8. The van der Waals surface area contributed by atoms with E-state index in [2.05, 4.69) is 12.2 Å². The molecule has 9 heteroatoms. The van der Waals surface area contributed by atoms with Crippen LogP contribution in [0.2, 0.25) is 0 Å². The molecule has 0 fully saturated rings. The third-order valence-electron chi connectivity index (χ3n) is 6.28. The number of sulfonamides is 1. The number of benzene rings is 2. The zero-order valence-corrected chi connectivity index (χ0v) is 24.2. The number of nitrogens with one attached hydrogen (secondary N) is 1. The molecule has 2 aromatic carbocycles. The topological polar surface area (TPSA) is 96.0 Å². The van der Waals surface area contributed by atoms with Crippen LogP contribution in [0.5, 0.6) is 5.75 Å². The molecule has 1 N–H and O–H groups in total. The number of carbonyl (C=O) groups excluding carboxylic acids is 2. The largest absolute Gasteiger partial charge is 0.494 e. The Morgan fingerprint density at radius 1 is 0.974 bits per heavy atom. The van der Waals surface area contributed by atoms with Gasteiger partial charge in [0.15, 0.2) is 0 Å².